The number of nitrogens with zero attached hydrogens (tertiary/aromatic N) is 3. The van der Waals surface area contributed by atoms with Gasteiger partial charge in [0.15, 0.2) is 0 Å². The van der Waals surface area contributed by atoms with Gasteiger partial charge < -0.3 is 4.74 Å². The van der Waals surface area contributed by atoms with Crippen molar-refractivity contribution in [1.29, 1.82) is 5.26 Å². The van der Waals surface area contributed by atoms with Crippen LogP contribution >= 0.6 is 23.3 Å². The van der Waals surface area contributed by atoms with Crippen molar-refractivity contribution >= 4 is 45.7 Å². The molecule has 220 valence electrons. The van der Waals surface area contributed by atoms with Crippen molar-refractivity contribution < 1.29 is 22.7 Å². The Morgan fingerprint density at radius 1 is 1.11 bits per heavy atom. The highest BCUT2D eigenvalue weighted by Gasteiger charge is 2.25. The van der Waals surface area contributed by atoms with E-state index in [1.165, 1.54) is 54.8 Å². The average Bonchev–Trinajstić information content (AvgIpc) is 3.62. The Morgan fingerprint density at radius 3 is 2.64 bits per heavy atom. The van der Waals surface area contributed by atoms with Crippen LogP contribution in [-0.4, -0.2) is 22.0 Å². The lowest BCUT2D eigenvalue weighted by Gasteiger charge is -2.19. The van der Waals surface area contributed by atoms with E-state index in [9.17, 15) is 23.2 Å². The Labute approximate surface area is 260 Å². The molecule has 0 saturated heterocycles. The van der Waals surface area contributed by atoms with E-state index in [-0.39, 0.29) is 11.7 Å². The molecule has 3 heterocycles. The first-order valence-corrected chi connectivity index (χ1v) is 15.3. The van der Waals surface area contributed by atoms with Crippen LogP contribution in [0.4, 0.5) is 13.2 Å². The van der Waals surface area contributed by atoms with Gasteiger partial charge in [-0.05, 0) is 102 Å². The molecule has 10 heteroatoms. The van der Waals surface area contributed by atoms with Crippen molar-refractivity contribution in [1.82, 2.24) is 8.96 Å². The van der Waals surface area contributed by atoms with Crippen molar-refractivity contribution in [2.75, 3.05) is 7.11 Å². The Bertz CT molecular complexity index is 2020. The molecule has 5 aromatic rings. The molecule has 0 aliphatic heterocycles. The van der Waals surface area contributed by atoms with Gasteiger partial charge in [-0.15, -0.1) is 11.3 Å². The molecule has 5 nitrogen and oxygen atoms in total. The highest BCUT2D eigenvalue weighted by molar-refractivity contribution is 7.98. The fourth-order valence-corrected chi connectivity index (χ4v) is 7.21. The number of alkyl halides is 2. The van der Waals surface area contributed by atoms with E-state index >= 15 is 0 Å². The highest BCUT2D eigenvalue weighted by Crippen LogP contribution is 2.47. The van der Waals surface area contributed by atoms with Gasteiger partial charge in [0.2, 0.25) is 0 Å². The molecule has 0 bridgehead atoms. The van der Waals surface area contributed by atoms with Gasteiger partial charge in [-0.2, -0.15) is 5.26 Å². The zero-order valence-corrected chi connectivity index (χ0v) is 25.2. The summed E-state index contributed by atoms with van der Waals surface area (Å²) in [5.41, 5.74) is 6.93. The summed E-state index contributed by atoms with van der Waals surface area (Å²) < 4.78 is 48.1. The highest BCUT2D eigenvalue weighted by atomic mass is 32.2. The van der Waals surface area contributed by atoms with Crippen LogP contribution in [0.3, 0.4) is 0 Å². The molecule has 1 aliphatic carbocycles. The largest absolute Gasteiger partial charge is 0.466 e. The normalized spacial score (nSPS) is 13.3. The summed E-state index contributed by atoms with van der Waals surface area (Å²) in [5.74, 6) is -0.759. The summed E-state index contributed by atoms with van der Waals surface area (Å²) in [7, 11) is 1.37. The van der Waals surface area contributed by atoms with E-state index in [0.717, 1.165) is 28.0 Å². The summed E-state index contributed by atoms with van der Waals surface area (Å²) in [5, 5.41) is 12.4. The SMILES string of the molecule is COC(=O)C1=CC(C)=C(c2cccc(-c3c(-c4ccsc4C#N)c4cc(F)ccc4n3Sc3ccc(C(F)F)nc3)c2)CC1. The predicted molar refractivity (Wildman–Crippen MR) is 168 cm³/mol. The minimum Gasteiger partial charge on any atom is -0.466 e. The van der Waals surface area contributed by atoms with Crippen molar-refractivity contribution in [3.63, 3.8) is 0 Å². The molecule has 0 saturated carbocycles. The molecule has 0 amide bonds. The van der Waals surface area contributed by atoms with E-state index in [1.54, 1.807) is 12.1 Å². The standard InChI is InChI=1S/C34H24F3N3O2S2/c1-19-14-22(34(41)42-2)6-9-25(19)20-4-3-5-21(15-20)32-31(26-12-13-43-30(26)17-38)27-16-23(35)7-11-29(27)40(32)44-24-8-10-28(33(36)37)39-18-24/h3-5,7-8,10-16,18,33H,6,9H2,1-2H3. The Morgan fingerprint density at radius 2 is 1.93 bits per heavy atom. The monoisotopic (exact) mass is 627 g/mol. The van der Waals surface area contributed by atoms with Crippen LogP contribution in [0, 0.1) is 17.1 Å². The molecule has 6 rings (SSSR count). The number of nitriles is 1. The van der Waals surface area contributed by atoms with E-state index < -0.39 is 12.2 Å². The van der Waals surface area contributed by atoms with E-state index in [0.29, 0.717) is 50.2 Å². The summed E-state index contributed by atoms with van der Waals surface area (Å²) in [6.45, 7) is 1.96. The number of pyridine rings is 1. The van der Waals surface area contributed by atoms with E-state index in [2.05, 4.69) is 17.1 Å². The van der Waals surface area contributed by atoms with Gasteiger partial charge in [0.1, 0.15) is 22.5 Å². The first-order chi connectivity index (χ1) is 21.3. The Balaban J connectivity index is 1.59. The van der Waals surface area contributed by atoms with Gasteiger partial charge in [-0.25, -0.2) is 18.0 Å². The molecule has 0 fully saturated rings. The van der Waals surface area contributed by atoms with Crippen LogP contribution in [-0.2, 0) is 9.53 Å². The van der Waals surface area contributed by atoms with Crippen LogP contribution in [0.2, 0.25) is 0 Å². The first-order valence-electron chi connectivity index (χ1n) is 13.6. The molecule has 0 radical (unpaired) electrons. The summed E-state index contributed by atoms with van der Waals surface area (Å²) in [6.07, 6.45) is 1.77. The number of fused-ring (bicyclic) bond motifs is 1. The molecular formula is C34H24F3N3O2S2. The Kier molecular flexibility index (Phi) is 8.17. The smallest absolute Gasteiger partial charge is 0.333 e. The number of methoxy groups -OCH3 is 1. The number of carbonyl (C=O) groups excluding carboxylic acids is 1. The van der Waals surface area contributed by atoms with Crippen LogP contribution in [0.1, 0.15) is 42.3 Å². The third-order valence-electron chi connectivity index (χ3n) is 7.55. The second kappa shape index (κ2) is 12.2. The molecule has 44 heavy (non-hydrogen) atoms. The molecule has 0 atom stereocenters. The number of thiophene rings is 1. The third kappa shape index (κ3) is 5.45. The predicted octanol–water partition coefficient (Wildman–Crippen LogP) is 9.60. The van der Waals surface area contributed by atoms with Crippen molar-refractivity contribution in [2.24, 2.45) is 0 Å². The molecule has 2 aromatic carbocycles. The number of hydrogen-bond acceptors (Lipinski definition) is 6. The fourth-order valence-electron chi connectivity index (χ4n) is 5.53. The molecular weight excluding hydrogens is 604 g/mol. The summed E-state index contributed by atoms with van der Waals surface area (Å²) >= 11 is 2.58. The quantitative estimate of drug-likeness (QED) is 0.168. The lowest BCUT2D eigenvalue weighted by Crippen LogP contribution is -2.08. The van der Waals surface area contributed by atoms with Gasteiger partial charge in [0, 0.05) is 38.7 Å². The van der Waals surface area contributed by atoms with Crippen LogP contribution in [0.15, 0.2) is 94.4 Å². The third-order valence-corrected chi connectivity index (χ3v) is 9.38. The molecule has 0 unspecified atom stereocenters. The van der Waals surface area contributed by atoms with Crippen molar-refractivity contribution in [2.45, 2.75) is 31.1 Å². The maximum absolute atomic E-state index is 14.8. The second-order valence-electron chi connectivity index (χ2n) is 10.2. The summed E-state index contributed by atoms with van der Waals surface area (Å²) in [6, 6.07) is 19.5. The number of halogens is 3. The average molecular weight is 628 g/mol. The number of aromatic nitrogens is 2. The van der Waals surface area contributed by atoms with Crippen molar-refractivity contribution in [3.8, 4) is 28.5 Å². The van der Waals surface area contributed by atoms with Crippen LogP contribution < -0.4 is 0 Å². The van der Waals surface area contributed by atoms with Crippen LogP contribution in [0.5, 0.6) is 0 Å². The maximum Gasteiger partial charge on any atom is 0.333 e. The summed E-state index contributed by atoms with van der Waals surface area (Å²) in [4.78, 5) is 17.2. The minimum atomic E-state index is -2.69. The fraction of sp³-hybridized carbons (Fsp3) is 0.147. The Hall–Kier alpha value is -4.59. The zero-order chi connectivity index (χ0) is 31.0. The molecule has 0 spiro atoms. The number of allylic oxidation sites excluding steroid dienone is 3. The van der Waals surface area contributed by atoms with E-state index in [1.807, 2.05) is 46.6 Å². The van der Waals surface area contributed by atoms with Gasteiger partial charge in [-0.3, -0.25) is 8.96 Å². The van der Waals surface area contributed by atoms with Gasteiger partial charge in [0.25, 0.3) is 6.43 Å². The van der Waals surface area contributed by atoms with Gasteiger partial charge >= 0.3 is 5.97 Å². The minimum absolute atomic E-state index is 0.320. The molecule has 0 N–H and O–H groups in total. The molecule has 3 aromatic heterocycles. The topological polar surface area (TPSA) is 67.9 Å². The number of ether oxygens (including phenoxy) is 1. The number of hydrogen-bond donors (Lipinski definition) is 0. The number of rotatable bonds is 7. The van der Waals surface area contributed by atoms with E-state index in [4.69, 9.17) is 4.74 Å². The zero-order valence-electron chi connectivity index (χ0n) is 23.6. The second-order valence-corrected chi connectivity index (χ2v) is 12.1. The number of esters is 1. The van der Waals surface area contributed by atoms with Crippen LogP contribution in [0.25, 0.3) is 38.9 Å². The molecule has 1 aliphatic rings. The van der Waals surface area contributed by atoms with Crippen molar-refractivity contribution in [3.05, 3.63) is 111 Å². The lowest BCUT2D eigenvalue weighted by atomic mass is 9.87. The maximum atomic E-state index is 14.8. The van der Waals surface area contributed by atoms with Gasteiger partial charge in [-0.1, -0.05) is 18.2 Å². The first kappa shape index (κ1) is 29.5. The number of benzene rings is 2. The number of carbonyl (C=O) groups is 1. The van der Waals surface area contributed by atoms with Gasteiger partial charge in [0.05, 0.1) is 18.3 Å². The lowest BCUT2D eigenvalue weighted by molar-refractivity contribution is -0.136.